The Morgan fingerprint density at radius 2 is 2.21 bits per heavy atom. The van der Waals surface area contributed by atoms with Crippen LogP contribution >= 0.6 is 0 Å². The quantitative estimate of drug-likeness (QED) is 0.325. The van der Waals surface area contributed by atoms with E-state index in [1.54, 1.807) is 0 Å². The molecule has 19 heavy (non-hydrogen) atoms. The van der Waals surface area contributed by atoms with E-state index in [4.69, 9.17) is 10.9 Å². The fraction of sp³-hybridized carbons (Fsp3) is 0.500. The van der Waals surface area contributed by atoms with Crippen LogP contribution in [-0.4, -0.2) is 35.3 Å². The van der Waals surface area contributed by atoms with Gasteiger partial charge in [-0.1, -0.05) is 24.2 Å². The number of hydrogen-bond donors (Lipinski definition) is 3. The Hall–Kier alpha value is -1.75. The van der Waals surface area contributed by atoms with Gasteiger partial charge in [0.15, 0.2) is 5.84 Å². The van der Waals surface area contributed by atoms with Gasteiger partial charge in [0.2, 0.25) is 0 Å². The molecule has 2 unspecified atom stereocenters. The zero-order chi connectivity index (χ0) is 14.0. The smallest absolute Gasteiger partial charge is 0.172 e. The molecule has 0 spiro atoms. The van der Waals surface area contributed by atoms with Crippen LogP contribution in [0.2, 0.25) is 0 Å². The van der Waals surface area contributed by atoms with Crippen molar-refractivity contribution in [2.24, 2.45) is 16.8 Å². The number of piperidine rings is 1. The van der Waals surface area contributed by atoms with E-state index in [1.807, 2.05) is 32.0 Å². The van der Waals surface area contributed by atoms with Crippen LogP contribution in [0.15, 0.2) is 23.4 Å². The Labute approximate surface area is 113 Å². The molecule has 5 nitrogen and oxygen atoms in total. The molecule has 0 radical (unpaired) electrons. The molecule has 1 fully saturated rings. The summed E-state index contributed by atoms with van der Waals surface area (Å²) in [7, 11) is 0. The molecule has 104 valence electrons. The van der Waals surface area contributed by atoms with Gasteiger partial charge in [-0.15, -0.1) is 0 Å². The number of hydrogen-bond acceptors (Lipinski definition) is 4. The molecule has 0 bridgehead atoms. The molecule has 0 saturated carbocycles. The second-order valence-electron chi connectivity index (χ2n) is 5.24. The topological polar surface area (TPSA) is 82.1 Å². The minimum atomic E-state index is -0.243. The summed E-state index contributed by atoms with van der Waals surface area (Å²) in [6, 6.07) is 5.76. The van der Waals surface area contributed by atoms with Crippen LogP contribution in [0.3, 0.4) is 0 Å². The van der Waals surface area contributed by atoms with Crippen molar-refractivity contribution >= 4 is 11.5 Å². The fourth-order valence-corrected chi connectivity index (χ4v) is 2.68. The average molecular weight is 263 g/mol. The van der Waals surface area contributed by atoms with Crippen LogP contribution in [0.5, 0.6) is 0 Å². The van der Waals surface area contributed by atoms with Crippen LogP contribution < -0.4 is 10.6 Å². The first kappa shape index (κ1) is 13.7. The SMILES string of the molecule is Cc1cccc(/C(N)=N/O)c1N1CCC(O)C(C)C1. The van der Waals surface area contributed by atoms with Crippen molar-refractivity contribution in [1.82, 2.24) is 0 Å². The van der Waals surface area contributed by atoms with Gasteiger partial charge in [0.1, 0.15) is 0 Å². The summed E-state index contributed by atoms with van der Waals surface area (Å²) in [5.74, 6) is 0.339. The van der Waals surface area contributed by atoms with Crippen molar-refractivity contribution in [3.05, 3.63) is 29.3 Å². The summed E-state index contributed by atoms with van der Waals surface area (Å²) in [5.41, 5.74) is 8.59. The van der Waals surface area contributed by atoms with Gasteiger partial charge in [-0.2, -0.15) is 0 Å². The first-order valence-electron chi connectivity index (χ1n) is 6.55. The third-order valence-electron chi connectivity index (χ3n) is 3.80. The third kappa shape index (κ3) is 2.66. The van der Waals surface area contributed by atoms with Crippen molar-refractivity contribution in [2.75, 3.05) is 18.0 Å². The molecule has 2 atom stereocenters. The second kappa shape index (κ2) is 5.48. The highest BCUT2D eigenvalue weighted by Crippen LogP contribution is 2.29. The van der Waals surface area contributed by atoms with E-state index in [0.717, 1.165) is 36.3 Å². The van der Waals surface area contributed by atoms with Gasteiger partial charge in [-0.3, -0.25) is 0 Å². The molecule has 1 saturated heterocycles. The van der Waals surface area contributed by atoms with Crippen molar-refractivity contribution in [1.29, 1.82) is 0 Å². The van der Waals surface area contributed by atoms with Crippen LogP contribution in [0.25, 0.3) is 0 Å². The van der Waals surface area contributed by atoms with E-state index in [9.17, 15) is 5.11 Å². The van der Waals surface area contributed by atoms with Gasteiger partial charge >= 0.3 is 0 Å². The van der Waals surface area contributed by atoms with E-state index >= 15 is 0 Å². The zero-order valence-electron chi connectivity index (χ0n) is 11.4. The van der Waals surface area contributed by atoms with Crippen LogP contribution in [0, 0.1) is 12.8 Å². The van der Waals surface area contributed by atoms with Gasteiger partial charge in [-0.25, -0.2) is 0 Å². The molecule has 0 amide bonds. The number of oxime groups is 1. The number of nitrogens with two attached hydrogens (primary N) is 1. The molecule has 1 aliphatic rings. The van der Waals surface area contributed by atoms with Crippen molar-refractivity contribution in [2.45, 2.75) is 26.4 Å². The number of aliphatic hydroxyl groups excluding tert-OH is 1. The summed E-state index contributed by atoms with van der Waals surface area (Å²) in [6.07, 6.45) is 0.498. The molecule has 5 heteroatoms. The standard InChI is InChI=1S/C14H21N3O2/c1-9-4-3-5-11(14(15)16-19)13(9)17-7-6-12(18)10(2)8-17/h3-5,10,12,18-19H,6-8H2,1-2H3,(H2,15,16). The van der Waals surface area contributed by atoms with Gasteiger partial charge in [0.05, 0.1) is 11.8 Å². The highest BCUT2D eigenvalue weighted by atomic mass is 16.4. The van der Waals surface area contributed by atoms with E-state index in [-0.39, 0.29) is 17.9 Å². The fourth-order valence-electron chi connectivity index (χ4n) is 2.68. The number of nitrogens with zero attached hydrogens (tertiary/aromatic N) is 2. The lowest BCUT2D eigenvalue weighted by atomic mass is 9.94. The maximum Gasteiger partial charge on any atom is 0.172 e. The average Bonchev–Trinajstić information content (AvgIpc) is 2.41. The molecule has 1 aromatic carbocycles. The third-order valence-corrected chi connectivity index (χ3v) is 3.80. The number of aliphatic hydroxyl groups is 1. The minimum Gasteiger partial charge on any atom is -0.409 e. The predicted octanol–water partition coefficient (Wildman–Crippen LogP) is 1.30. The Morgan fingerprint density at radius 3 is 2.84 bits per heavy atom. The number of amidine groups is 1. The Balaban J connectivity index is 2.39. The molecule has 1 aliphatic heterocycles. The van der Waals surface area contributed by atoms with Crippen molar-refractivity contribution in [3.8, 4) is 0 Å². The summed E-state index contributed by atoms with van der Waals surface area (Å²) in [6.45, 7) is 5.61. The van der Waals surface area contributed by atoms with E-state index in [1.165, 1.54) is 0 Å². The van der Waals surface area contributed by atoms with E-state index in [0.29, 0.717) is 0 Å². The zero-order valence-corrected chi connectivity index (χ0v) is 11.4. The van der Waals surface area contributed by atoms with Gasteiger partial charge in [-0.05, 0) is 30.9 Å². The maximum absolute atomic E-state index is 9.82. The van der Waals surface area contributed by atoms with Gasteiger partial charge < -0.3 is 20.9 Å². The lowest BCUT2D eigenvalue weighted by Crippen LogP contribution is -2.43. The van der Waals surface area contributed by atoms with Gasteiger partial charge in [0, 0.05) is 18.7 Å². The summed E-state index contributed by atoms with van der Waals surface area (Å²) >= 11 is 0. The van der Waals surface area contributed by atoms with Crippen LogP contribution in [0.4, 0.5) is 5.69 Å². The predicted molar refractivity (Wildman–Crippen MR) is 75.7 cm³/mol. The molecule has 1 heterocycles. The molecule has 2 rings (SSSR count). The maximum atomic E-state index is 9.82. The Morgan fingerprint density at radius 1 is 1.47 bits per heavy atom. The van der Waals surface area contributed by atoms with Crippen molar-refractivity contribution in [3.63, 3.8) is 0 Å². The molecule has 0 aliphatic carbocycles. The lowest BCUT2D eigenvalue weighted by Gasteiger charge is -2.37. The molecule has 1 aromatic rings. The minimum absolute atomic E-state index is 0.123. The monoisotopic (exact) mass is 263 g/mol. The Bertz CT molecular complexity index is 488. The first-order chi connectivity index (χ1) is 9.04. The van der Waals surface area contributed by atoms with Gasteiger partial charge in [0.25, 0.3) is 0 Å². The van der Waals surface area contributed by atoms with Crippen LogP contribution in [0.1, 0.15) is 24.5 Å². The summed E-state index contributed by atoms with van der Waals surface area (Å²) in [5, 5.41) is 21.8. The first-order valence-corrected chi connectivity index (χ1v) is 6.55. The molecular weight excluding hydrogens is 242 g/mol. The van der Waals surface area contributed by atoms with E-state index < -0.39 is 0 Å². The van der Waals surface area contributed by atoms with Crippen molar-refractivity contribution < 1.29 is 10.3 Å². The molecule has 0 aromatic heterocycles. The summed E-state index contributed by atoms with van der Waals surface area (Å²) in [4.78, 5) is 2.21. The number of aryl methyl sites for hydroxylation is 1. The number of benzene rings is 1. The lowest BCUT2D eigenvalue weighted by molar-refractivity contribution is 0.0970. The number of rotatable bonds is 2. The molecular formula is C14H21N3O2. The van der Waals surface area contributed by atoms with Crippen LogP contribution in [-0.2, 0) is 0 Å². The number of para-hydroxylation sites is 1. The highest BCUT2D eigenvalue weighted by molar-refractivity contribution is 6.02. The largest absolute Gasteiger partial charge is 0.409 e. The van der Waals surface area contributed by atoms with E-state index in [2.05, 4.69) is 10.1 Å². The second-order valence-corrected chi connectivity index (χ2v) is 5.24. The highest BCUT2D eigenvalue weighted by Gasteiger charge is 2.26. The normalized spacial score (nSPS) is 24.6. The number of anilines is 1. The summed E-state index contributed by atoms with van der Waals surface area (Å²) < 4.78 is 0. The Kier molecular flexibility index (Phi) is 3.95. The molecule has 4 N–H and O–H groups in total.